The van der Waals surface area contributed by atoms with E-state index in [4.69, 9.17) is 10.5 Å². The number of aromatic nitrogens is 3. The fraction of sp³-hybridized carbons (Fsp3) is 0.250. The van der Waals surface area contributed by atoms with E-state index in [1.54, 1.807) is 29.3 Å². The lowest BCUT2D eigenvalue weighted by Crippen LogP contribution is -2.23. The number of hydrogen-bond donors (Lipinski definition) is 2. The van der Waals surface area contributed by atoms with Crippen LogP contribution in [0.3, 0.4) is 0 Å². The number of rotatable bonds is 7. The molecule has 1 unspecified atom stereocenters. The lowest BCUT2D eigenvalue weighted by Gasteiger charge is -2.16. The summed E-state index contributed by atoms with van der Waals surface area (Å²) in [5.74, 6) is -0.201. The minimum absolute atomic E-state index is 0.0159. The van der Waals surface area contributed by atoms with E-state index in [1.165, 1.54) is 6.08 Å². The quantitative estimate of drug-likeness (QED) is 0.730. The molecule has 2 heterocycles. The van der Waals surface area contributed by atoms with Crippen molar-refractivity contribution in [2.45, 2.75) is 12.5 Å². The van der Waals surface area contributed by atoms with Crippen LogP contribution in [0.1, 0.15) is 12.0 Å². The van der Waals surface area contributed by atoms with E-state index in [0.29, 0.717) is 19.6 Å². The highest BCUT2D eigenvalue weighted by atomic mass is 16.5. The van der Waals surface area contributed by atoms with E-state index in [-0.39, 0.29) is 12.0 Å². The standard InChI is InChI=1S/C20H23N5O2/c1-25-14-16(13-23-25)19-8-10-22-12-15(19)2-7-20(26)24-17-3-5-18(6-4-17)27-11-9-21/h2-5,7-8,10,12-14,18H,6,9,11,21H2,1H3,(H,24,26)/b7-2+. The van der Waals surface area contributed by atoms with Gasteiger partial charge in [0.15, 0.2) is 0 Å². The molecule has 140 valence electrons. The first-order valence-corrected chi connectivity index (χ1v) is 8.78. The Kier molecular flexibility index (Phi) is 6.30. The van der Waals surface area contributed by atoms with Crippen molar-refractivity contribution in [3.63, 3.8) is 0 Å². The first-order valence-electron chi connectivity index (χ1n) is 8.78. The van der Waals surface area contributed by atoms with Gasteiger partial charge in [0.25, 0.3) is 0 Å². The summed E-state index contributed by atoms with van der Waals surface area (Å²) < 4.78 is 7.29. The zero-order valence-electron chi connectivity index (χ0n) is 15.2. The van der Waals surface area contributed by atoms with Crippen molar-refractivity contribution in [3.05, 3.63) is 66.4 Å². The summed E-state index contributed by atoms with van der Waals surface area (Å²) in [6.07, 6.45) is 16.9. The molecule has 27 heavy (non-hydrogen) atoms. The number of allylic oxidation sites excluding steroid dienone is 1. The molecule has 7 nitrogen and oxygen atoms in total. The maximum absolute atomic E-state index is 12.2. The summed E-state index contributed by atoms with van der Waals surface area (Å²) in [5, 5.41) is 7.05. The molecule has 1 aliphatic carbocycles. The summed E-state index contributed by atoms with van der Waals surface area (Å²) in [4.78, 5) is 16.4. The molecule has 0 saturated heterocycles. The van der Waals surface area contributed by atoms with Gasteiger partial charge in [0, 0.05) is 55.1 Å². The van der Waals surface area contributed by atoms with Crippen LogP contribution in [0.2, 0.25) is 0 Å². The van der Waals surface area contributed by atoms with Crippen LogP contribution in [0.15, 0.2) is 60.9 Å². The maximum Gasteiger partial charge on any atom is 0.248 e. The molecule has 0 aliphatic heterocycles. The predicted octanol–water partition coefficient (Wildman–Crippen LogP) is 1.80. The van der Waals surface area contributed by atoms with Crippen molar-refractivity contribution < 1.29 is 9.53 Å². The highest BCUT2D eigenvalue weighted by Crippen LogP contribution is 2.23. The van der Waals surface area contributed by atoms with E-state index in [2.05, 4.69) is 15.4 Å². The summed E-state index contributed by atoms with van der Waals surface area (Å²) in [6, 6.07) is 1.91. The van der Waals surface area contributed by atoms with Gasteiger partial charge in [0.05, 0.1) is 18.9 Å². The lowest BCUT2D eigenvalue weighted by atomic mass is 10.0. The smallest absolute Gasteiger partial charge is 0.248 e. The molecular formula is C20H23N5O2. The van der Waals surface area contributed by atoms with Gasteiger partial charge >= 0.3 is 0 Å². The summed E-state index contributed by atoms with van der Waals surface area (Å²) in [7, 11) is 1.87. The summed E-state index contributed by atoms with van der Waals surface area (Å²) >= 11 is 0. The second-order valence-corrected chi connectivity index (χ2v) is 6.14. The number of aryl methyl sites for hydroxylation is 1. The van der Waals surface area contributed by atoms with Crippen LogP contribution in [0, 0.1) is 0 Å². The molecule has 0 bridgehead atoms. The molecule has 0 aromatic carbocycles. The van der Waals surface area contributed by atoms with Crippen LogP contribution >= 0.6 is 0 Å². The van der Waals surface area contributed by atoms with Crippen LogP contribution in [0.5, 0.6) is 0 Å². The molecule has 7 heteroatoms. The SMILES string of the molecule is Cn1cc(-c2ccncc2/C=C/C(=O)NC2=CCC(OCCN)C=C2)cn1. The number of hydrogen-bond acceptors (Lipinski definition) is 5. The number of nitrogens with zero attached hydrogens (tertiary/aromatic N) is 3. The molecule has 1 aliphatic rings. The van der Waals surface area contributed by atoms with Gasteiger partial charge in [0.2, 0.25) is 5.91 Å². The third-order valence-corrected chi connectivity index (χ3v) is 4.06. The number of carbonyl (C=O) groups is 1. The number of nitrogens with two attached hydrogens (primary N) is 1. The Morgan fingerprint density at radius 3 is 3.07 bits per heavy atom. The monoisotopic (exact) mass is 365 g/mol. The van der Waals surface area contributed by atoms with E-state index in [1.807, 2.05) is 37.5 Å². The Hall–Kier alpha value is -3.03. The zero-order chi connectivity index (χ0) is 19.1. The van der Waals surface area contributed by atoms with Gasteiger partial charge < -0.3 is 15.8 Å². The fourth-order valence-electron chi connectivity index (χ4n) is 2.75. The predicted molar refractivity (Wildman–Crippen MR) is 104 cm³/mol. The first-order chi connectivity index (χ1) is 13.2. The highest BCUT2D eigenvalue weighted by molar-refractivity contribution is 5.94. The average molecular weight is 365 g/mol. The molecule has 1 atom stereocenters. The fourth-order valence-corrected chi connectivity index (χ4v) is 2.75. The number of pyridine rings is 1. The molecular weight excluding hydrogens is 342 g/mol. The lowest BCUT2D eigenvalue weighted by molar-refractivity contribution is -0.115. The first kappa shape index (κ1) is 18.8. The Bertz CT molecular complexity index is 882. The number of ether oxygens (including phenoxy) is 1. The third-order valence-electron chi connectivity index (χ3n) is 4.06. The van der Waals surface area contributed by atoms with E-state index < -0.39 is 0 Å². The van der Waals surface area contributed by atoms with Gasteiger partial charge in [-0.3, -0.25) is 14.5 Å². The van der Waals surface area contributed by atoms with Crippen molar-refractivity contribution in [1.82, 2.24) is 20.1 Å². The zero-order valence-corrected chi connectivity index (χ0v) is 15.2. The van der Waals surface area contributed by atoms with Gasteiger partial charge in [-0.2, -0.15) is 5.10 Å². The van der Waals surface area contributed by atoms with Crippen molar-refractivity contribution in [1.29, 1.82) is 0 Å². The van der Waals surface area contributed by atoms with Gasteiger partial charge in [-0.15, -0.1) is 0 Å². The normalized spacial score (nSPS) is 16.5. The average Bonchev–Trinajstić information content (AvgIpc) is 3.12. The molecule has 1 amide bonds. The van der Waals surface area contributed by atoms with Crippen LogP contribution in [-0.2, 0) is 16.6 Å². The van der Waals surface area contributed by atoms with Crippen LogP contribution < -0.4 is 11.1 Å². The van der Waals surface area contributed by atoms with Crippen molar-refractivity contribution in [2.75, 3.05) is 13.2 Å². The van der Waals surface area contributed by atoms with E-state index in [0.717, 1.165) is 22.4 Å². The topological polar surface area (TPSA) is 95.1 Å². The van der Waals surface area contributed by atoms with Gasteiger partial charge in [-0.05, 0) is 30.2 Å². The highest BCUT2D eigenvalue weighted by Gasteiger charge is 2.10. The molecule has 2 aromatic rings. The summed E-state index contributed by atoms with van der Waals surface area (Å²) in [5.41, 5.74) is 8.99. The minimum atomic E-state index is -0.201. The maximum atomic E-state index is 12.2. The van der Waals surface area contributed by atoms with Crippen LogP contribution in [-0.4, -0.2) is 39.9 Å². The number of amides is 1. The third kappa shape index (κ3) is 5.22. The van der Waals surface area contributed by atoms with Gasteiger partial charge in [0.1, 0.15) is 0 Å². The Balaban J connectivity index is 1.62. The van der Waals surface area contributed by atoms with Crippen LogP contribution in [0.25, 0.3) is 17.2 Å². The minimum Gasteiger partial charge on any atom is -0.373 e. The molecule has 0 fully saturated rings. The Labute approximate surface area is 158 Å². The van der Waals surface area contributed by atoms with Crippen molar-refractivity contribution in [3.8, 4) is 11.1 Å². The largest absolute Gasteiger partial charge is 0.373 e. The molecule has 3 rings (SSSR count). The summed E-state index contributed by atoms with van der Waals surface area (Å²) in [6.45, 7) is 1.02. The second-order valence-electron chi connectivity index (χ2n) is 6.14. The molecule has 0 saturated carbocycles. The van der Waals surface area contributed by atoms with E-state index in [9.17, 15) is 4.79 Å². The molecule has 0 spiro atoms. The molecule has 2 aromatic heterocycles. The number of carbonyl (C=O) groups excluding carboxylic acids is 1. The van der Waals surface area contributed by atoms with Crippen molar-refractivity contribution in [2.24, 2.45) is 12.8 Å². The molecule has 3 N–H and O–H groups in total. The Morgan fingerprint density at radius 1 is 1.48 bits per heavy atom. The molecule has 0 radical (unpaired) electrons. The van der Waals surface area contributed by atoms with E-state index >= 15 is 0 Å². The Morgan fingerprint density at radius 2 is 2.37 bits per heavy atom. The van der Waals surface area contributed by atoms with Crippen molar-refractivity contribution >= 4 is 12.0 Å². The van der Waals surface area contributed by atoms with Crippen LogP contribution in [0.4, 0.5) is 0 Å². The number of nitrogens with one attached hydrogen (secondary N) is 1. The second kappa shape index (κ2) is 9.07. The van der Waals surface area contributed by atoms with Gasteiger partial charge in [-0.1, -0.05) is 12.2 Å². The van der Waals surface area contributed by atoms with Gasteiger partial charge in [-0.25, -0.2) is 0 Å².